The first kappa shape index (κ1) is 10.6. The number of nitrogens with one attached hydrogen (secondary N) is 1. The number of piperidine rings is 1. The van der Waals surface area contributed by atoms with Gasteiger partial charge in [0.2, 0.25) is 0 Å². The molecule has 2 heterocycles. The highest BCUT2D eigenvalue weighted by Crippen LogP contribution is 2.28. The van der Waals surface area contributed by atoms with Gasteiger partial charge in [-0.1, -0.05) is 19.9 Å². The third kappa shape index (κ3) is 2.37. The first-order chi connectivity index (χ1) is 7.29. The zero-order valence-electron chi connectivity index (χ0n) is 9.66. The predicted octanol–water partition coefficient (Wildman–Crippen LogP) is 2.67. The Morgan fingerprint density at radius 1 is 1.47 bits per heavy atom. The smallest absolute Gasteiger partial charge is 0.0481 e. The summed E-state index contributed by atoms with van der Waals surface area (Å²) < 4.78 is 0. The van der Waals surface area contributed by atoms with Crippen LogP contribution in [0, 0.1) is 0 Å². The van der Waals surface area contributed by atoms with Gasteiger partial charge in [0.05, 0.1) is 0 Å². The SMILES string of the molecule is CC(C)c1cccnc1C1CCCNC1. The van der Waals surface area contributed by atoms with Crippen molar-refractivity contribution in [1.29, 1.82) is 0 Å². The highest BCUT2D eigenvalue weighted by Gasteiger charge is 2.20. The molecule has 1 aromatic heterocycles. The number of aromatic nitrogens is 1. The van der Waals surface area contributed by atoms with Crippen LogP contribution < -0.4 is 5.32 Å². The number of hydrogen-bond donors (Lipinski definition) is 1. The van der Waals surface area contributed by atoms with Gasteiger partial charge in [-0.25, -0.2) is 0 Å². The van der Waals surface area contributed by atoms with Gasteiger partial charge in [0.25, 0.3) is 0 Å². The fraction of sp³-hybridized carbons (Fsp3) is 0.615. The molecule has 0 aliphatic carbocycles. The van der Waals surface area contributed by atoms with Crippen molar-refractivity contribution >= 4 is 0 Å². The van der Waals surface area contributed by atoms with Gasteiger partial charge in [-0.3, -0.25) is 4.98 Å². The lowest BCUT2D eigenvalue weighted by Gasteiger charge is -2.25. The molecule has 2 heteroatoms. The molecule has 0 amide bonds. The molecule has 1 fully saturated rings. The standard InChI is InChI=1S/C13H20N2/c1-10(2)12-6-4-8-15-13(12)11-5-3-7-14-9-11/h4,6,8,10-11,14H,3,5,7,9H2,1-2H3. The van der Waals surface area contributed by atoms with Crippen molar-refractivity contribution in [1.82, 2.24) is 10.3 Å². The van der Waals surface area contributed by atoms with Crippen LogP contribution in [0.3, 0.4) is 0 Å². The highest BCUT2D eigenvalue weighted by atomic mass is 14.9. The molecule has 1 aliphatic rings. The summed E-state index contributed by atoms with van der Waals surface area (Å²) >= 11 is 0. The summed E-state index contributed by atoms with van der Waals surface area (Å²) in [6.07, 6.45) is 4.48. The van der Waals surface area contributed by atoms with Gasteiger partial charge in [0.15, 0.2) is 0 Å². The fourth-order valence-electron chi connectivity index (χ4n) is 2.34. The zero-order valence-corrected chi connectivity index (χ0v) is 9.66. The molecular weight excluding hydrogens is 184 g/mol. The maximum absolute atomic E-state index is 4.58. The summed E-state index contributed by atoms with van der Waals surface area (Å²) in [7, 11) is 0. The quantitative estimate of drug-likeness (QED) is 0.801. The van der Waals surface area contributed by atoms with Crippen molar-refractivity contribution in [2.24, 2.45) is 0 Å². The zero-order chi connectivity index (χ0) is 10.7. The molecule has 2 rings (SSSR count). The molecule has 0 saturated carbocycles. The van der Waals surface area contributed by atoms with Crippen molar-refractivity contribution in [3.05, 3.63) is 29.6 Å². The monoisotopic (exact) mass is 204 g/mol. The second-order valence-corrected chi connectivity index (χ2v) is 4.68. The van der Waals surface area contributed by atoms with Crippen LogP contribution in [0.25, 0.3) is 0 Å². The number of hydrogen-bond acceptors (Lipinski definition) is 2. The van der Waals surface area contributed by atoms with E-state index in [0.29, 0.717) is 11.8 Å². The molecule has 0 aromatic carbocycles. The molecule has 0 radical (unpaired) electrons. The average Bonchev–Trinajstić information content (AvgIpc) is 2.30. The maximum atomic E-state index is 4.58. The van der Waals surface area contributed by atoms with Crippen LogP contribution in [-0.2, 0) is 0 Å². The van der Waals surface area contributed by atoms with E-state index in [9.17, 15) is 0 Å². The summed E-state index contributed by atoms with van der Waals surface area (Å²) in [4.78, 5) is 4.58. The summed E-state index contributed by atoms with van der Waals surface area (Å²) in [5, 5.41) is 3.46. The van der Waals surface area contributed by atoms with Gasteiger partial charge >= 0.3 is 0 Å². The second kappa shape index (κ2) is 4.75. The molecule has 1 saturated heterocycles. The molecule has 0 bridgehead atoms. The lowest BCUT2D eigenvalue weighted by Crippen LogP contribution is -2.29. The van der Waals surface area contributed by atoms with E-state index >= 15 is 0 Å². The van der Waals surface area contributed by atoms with E-state index in [1.54, 1.807) is 0 Å². The van der Waals surface area contributed by atoms with Crippen molar-refractivity contribution in [2.45, 2.75) is 38.5 Å². The Bertz CT molecular complexity index is 314. The Hall–Kier alpha value is -0.890. The van der Waals surface area contributed by atoms with Gasteiger partial charge < -0.3 is 5.32 Å². The molecule has 1 N–H and O–H groups in total. The van der Waals surface area contributed by atoms with Crippen LogP contribution in [-0.4, -0.2) is 18.1 Å². The largest absolute Gasteiger partial charge is 0.316 e. The van der Waals surface area contributed by atoms with Crippen molar-refractivity contribution in [2.75, 3.05) is 13.1 Å². The van der Waals surface area contributed by atoms with E-state index in [4.69, 9.17) is 0 Å². The summed E-state index contributed by atoms with van der Waals surface area (Å²) in [6.45, 7) is 6.75. The maximum Gasteiger partial charge on any atom is 0.0481 e. The van der Waals surface area contributed by atoms with Gasteiger partial charge in [0.1, 0.15) is 0 Å². The Kier molecular flexibility index (Phi) is 3.37. The van der Waals surface area contributed by atoms with E-state index in [2.05, 4.69) is 36.3 Å². The van der Waals surface area contributed by atoms with Crippen LogP contribution in [0.15, 0.2) is 18.3 Å². The van der Waals surface area contributed by atoms with E-state index in [1.807, 2.05) is 6.20 Å². The minimum atomic E-state index is 0.579. The van der Waals surface area contributed by atoms with Crippen LogP contribution in [0.4, 0.5) is 0 Å². The highest BCUT2D eigenvalue weighted by molar-refractivity contribution is 5.26. The Morgan fingerprint density at radius 3 is 3.00 bits per heavy atom. The fourth-order valence-corrected chi connectivity index (χ4v) is 2.34. The molecular formula is C13H20N2. The summed E-state index contributed by atoms with van der Waals surface area (Å²) in [6, 6.07) is 4.27. The summed E-state index contributed by atoms with van der Waals surface area (Å²) in [5.74, 6) is 1.20. The topological polar surface area (TPSA) is 24.9 Å². The van der Waals surface area contributed by atoms with Crippen LogP contribution in [0.1, 0.15) is 49.8 Å². The Labute approximate surface area is 92.1 Å². The first-order valence-electron chi connectivity index (χ1n) is 5.94. The third-order valence-corrected chi connectivity index (χ3v) is 3.18. The molecule has 0 spiro atoms. The number of nitrogens with zero attached hydrogens (tertiary/aromatic N) is 1. The molecule has 82 valence electrons. The Morgan fingerprint density at radius 2 is 2.33 bits per heavy atom. The average molecular weight is 204 g/mol. The molecule has 1 aromatic rings. The first-order valence-corrected chi connectivity index (χ1v) is 5.94. The van der Waals surface area contributed by atoms with E-state index < -0.39 is 0 Å². The molecule has 1 atom stereocenters. The normalized spacial score (nSPS) is 21.9. The second-order valence-electron chi connectivity index (χ2n) is 4.68. The molecule has 1 aliphatic heterocycles. The number of pyridine rings is 1. The van der Waals surface area contributed by atoms with E-state index in [1.165, 1.54) is 30.6 Å². The van der Waals surface area contributed by atoms with Gasteiger partial charge in [-0.15, -0.1) is 0 Å². The summed E-state index contributed by atoms with van der Waals surface area (Å²) in [5.41, 5.74) is 2.74. The van der Waals surface area contributed by atoms with Crippen LogP contribution >= 0.6 is 0 Å². The third-order valence-electron chi connectivity index (χ3n) is 3.18. The minimum absolute atomic E-state index is 0.579. The van der Waals surface area contributed by atoms with Crippen LogP contribution in [0.5, 0.6) is 0 Å². The lowest BCUT2D eigenvalue weighted by molar-refractivity contribution is 0.451. The lowest BCUT2D eigenvalue weighted by atomic mass is 9.89. The van der Waals surface area contributed by atoms with Gasteiger partial charge in [-0.05, 0) is 36.9 Å². The minimum Gasteiger partial charge on any atom is -0.316 e. The van der Waals surface area contributed by atoms with E-state index in [0.717, 1.165) is 6.54 Å². The van der Waals surface area contributed by atoms with Crippen molar-refractivity contribution in [3.8, 4) is 0 Å². The predicted molar refractivity (Wildman–Crippen MR) is 63.2 cm³/mol. The van der Waals surface area contributed by atoms with Crippen LogP contribution in [0.2, 0.25) is 0 Å². The van der Waals surface area contributed by atoms with Gasteiger partial charge in [-0.2, -0.15) is 0 Å². The van der Waals surface area contributed by atoms with Crippen molar-refractivity contribution in [3.63, 3.8) is 0 Å². The molecule has 1 unspecified atom stereocenters. The van der Waals surface area contributed by atoms with E-state index in [-0.39, 0.29) is 0 Å². The molecule has 15 heavy (non-hydrogen) atoms. The van der Waals surface area contributed by atoms with Crippen molar-refractivity contribution < 1.29 is 0 Å². The number of rotatable bonds is 2. The Balaban J connectivity index is 2.25. The molecule has 2 nitrogen and oxygen atoms in total. The van der Waals surface area contributed by atoms with Gasteiger partial charge in [0, 0.05) is 24.4 Å².